The third kappa shape index (κ3) is 1.31. The maximum Gasteiger partial charge on any atom is 0.265 e. The summed E-state index contributed by atoms with van der Waals surface area (Å²) in [7, 11) is 0. The minimum absolute atomic E-state index is 0.526. The number of imide groups is 1. The average Bonchev–Trinajstić information content (AvgIpc) is 1.96. The molecule has 12 heavy (non-hydrogen) atoms. The van der Waals surface area contributed by atoms with Crippen molar-refractivity contribution in [3.05, 3.63) is 11.6 Å². The molecule has 3 N–H and O–H groups in total. The summed E-state index contributed by atoms with van der Waals surface area (Å²) in [6, 6.07) is 0. The number of rotatable bonds is 1. The second-order valence-electron chi connectivity index (χ2n) is 2.16. The molecule has 1 heterocycles. The first-order valence-electron chi connectivity index (χ1n) is 3.03. The molecular formula is C6H5FN2O3. The van der Waals surface area contributed by atoms with E-state index in [1.165, 1.54) is 0 Å². The van der Waals surface area contributed by atoms with E-state index in [9.17, 15) is 18.8 Å². The number of primary amides is 1. The molecule has 5 nitrogen and oxygen atoms in total. The molecule has 0 aromatic heterocycles. The Balaban J connectivity index is 3.01. The van der Waals surface area contributed by atoms with E-state index >= 15 is 0 Å². The minimum atomic E-state index is -1.98. The lowest BCUT2D eigenvalue weighted by molar-refractivity contribution is -0.132. The highest BCUT2D eigenvalue weighted by molar-refractivity contribution is 6.23. The van der Waals surface area contributed by atoms with Gasteiger partial charge in [-0.3, -0.25) is 19.7 Å². The number of halogens is 1. The molecule has 0 aromatic rings. The van der Waals surface area contributed by atoms with E-state index < -0.39 is 29.5 Å². The van der Waals surface area contributed by atoms with Crippen LogP contribution in [0.3, 0.4) is 0 Å². The zero-order valence-electron chi connectivity index (χ0n) is 5.83. The maximum absolute atomic E-state index is 12.5. The van der Waals surface area contributed by atoms with Gasteiger partial charge >= 0.3 is 0 Å². The highest BCUT2D eigenvalue weighted by Gasteiger charge is 2.29. The van der Waals surface area contributed by atoms with Gasteiger partial charge in [-0.2, -0.15) is 0 Å². The smallest absolute Gasteiger partial charge is 0.265 e. The first-order chi connectivity index (χ1) is 5.52. The molecule has 1 aliphatic rings. The van der Waals surface area contributed by atoms with Gasteiger partial charge in [0.15, 0.2) is 6.17 Å². The maximum atomic E-state index is 12.5. The fourth-order valence-corrected chi connectivity index (χ4v) is 0.740. The SMILES string of the molecule is NC(=O)C1=CC(F)C(=O)NC1=O. The van der Waals surface area contributed by atoms with Gasteiger partial charge < -0.3 is 5.73 Å². The van der Waals surface area contributed by atoms with Crippen LogP contribution in [-0.2, 0) is 14.4 Å². The van der Waals surface area contributed by atoms with Gasteiger partial charge in [-0.25, -0.2) is 4.39 Å². The molecule has 1 rings (SSSR count). The quantitative estimate of drug-likeness (QED) is 0.368. The van der Waals surface area contributed by atoms with Gasteiger partial charge in [0.2, 0.25) is 0 Å². The van der Waals surface area contributed by atoms with E-state index in [-0.39, 0.29) is 0 Å². The van der Waals surface area contributed by atoms with Gasteiger partial charge in [0.1, 0.15) is 5.57 Å². The Morgan fingerprint density at radius 2 is 2.17 bits per heavy atom. The van der Waals surface area contributed by atoms with E-state index in [0.717, 1.165) is 0 Å². The third-order valence-electron chi connectivity index (χ3n) is 1.31. The van der Waals surface area contributed by atoms with Crippen LogP contribution in [0.4, 0.5) is 4.39 Å². The molecule has 0 aromatic carbocycles. The molecule has 0 fully saturated rings. The van der Waals surface area contributed by atoms with Crippen molar-refractivity contribution in [3.63, 3.8) is 0 Å². The van der Waals surface area contributed by atoms with E-state index in [2.05, 4.69) is 0 Å². The van der Waals surface area contributed by atoms with Crippen molar-refractivity contribution in [2.75, 3.05) is 0 Å². The van der Waals surface area contributed by atoms with Crippen LogP contribution in [-0.4, -0.2) is 23.9 Å². The summed E-state index contributed by atoms with van der Waals surface area (Å²) in [6.07, 6.45) is -1.38. The van der Waals surface area contributed by atoms with Crippen LogP contribution in [0.2, 0.25) is 0 Å². The Bertz CT molecular complexity index is 297. The summed E-state index contributed by atoms with van der Waals surface area (Å²) >= 11 is 0. The molecule has 0 saturated heterocycles. The van der Waals surface area contributed by atoms with Crippen LogP contribution in [0.1, 0.15) is 0 Å². The first-order valence-corrected chi connectivity index (χ1v) is 3.03. The van der Waals surface area contributed by atoms with Crippen molar-refractivity contribution in [1.82, 2.24) is 5.32 Å². The Kier molecular flexibility index (Phi) is 1.90. The summed E-state index contributed by atoms with van der Waals surface area (Å²) in [5.74, 6) is -3.09. The Labute approximate surface area is 66.4 Å². The molecule has 0 saturated carbocycles. The third-order valence-corrected chi connectivity index (χ3v) is 1.31. The molecule has 64 valence electrons. The lowest BCUT2D eigenvalue weighted by Crippen LogP contribution is -2.44. The summed E-state index contributed by atoms with van der Waals surface area (Å²) < 4.78 is 12.5. The molecule has 3 amide bonds. The summed E-state index contributed by atoms with van der Waals surface area (Å²) in [6.45, 7) is 0. The van der Waals surface area contributed by atoms with Crippen LogP contribution < -0.4 is 11.1 Å². The van der Waals surface area contributed by atoms with Crippen molar-refractivity contribution in [2.45, 2.75) is 6.17 Å². The molecule has 0 spiro atoms. The summed E-state index contributed by atoms with van der Waals surface area (Å²) in [5.41, 5.74) is 4.19. The lowest BCUT2D eigenvalue weighted by Gasteiger charge is -2.12. The monoisotopic (exact) mass is 172 g/mol. The largest absolute Gasteiger partial charge is 0.365 e. The lowest BCUT2D eigenvalue weighted by atomic mass is 10.1. The van der Waals surface area contributed by atoms with Crippen LogP contribution in [0.5, 0.6) is 0 Å². The zero-order valence-corrected chi connectivity index (χ0v) is 5.83. The second-order valence-corrected chi connectivity index (χ2v) is 2.16. The average molecular weight is 172 g/mol. The topological polar surface area (TPSA) is 89.3 Å². The molecule has 0 radical (unpaired) electrons. The fourth-order valence-electron chi connectivity index (χ4n) is 0.740. The van der Waals surface area contributed by atoms with Crippen LogP contribution in [0.25, 0.3) is 0 Å². The van der Waals surface area contributed by atoms with Crippen molar-refractivity contribution >= 4 is 17.7 Å². The number of amides is 3. The first kappa shape index (κ1) is 8.38. The standard InChI is InChI=1S/C6H5FN2O3/c7-3-1-2(4(8)10)5(11)9-6(3)12/h1,3H,(H2,8,10)(H,9,11,12). The summed E-state index contributed by atoms with van der Waals surface area (Å²) in [5, 5.41) is 1.64. The van der Waals surface area contributed by atoms with Crippen molar-refractivity contribution in [2.24, 2.45) is 5.73 Å². The van der Waals surface area contributed by atoms with E-state index in [0.29, 0.717) is 6.08 Å². The van der Waals surface area contributed by atoms with E-state index in [1.54, 1.807) is 5.32 Å². The number of hydrogen-bond acceptors (Lipinski definition) is 3. The second kappa shape index (κ2) is 2.72. The van der Waals surface area contributed by atoms with Gasteiger partial charge in [-0.1, -0.05) is 0 Å². The molecule has 0 bridgehead atoms. The van der Waals surface area contributed by atoms with Crippen molar-refractivity contribution in [3.8, 4) is 0 Å². The van der Waals surface area contributed by atoms with E-state index in [4.69, 9.17) is 5.73 Å². The van der Waals surface area contributed by atoms with Gasteiger partial charge in [-0.05, 0) is 6.08 Å². The van der Waals surface area contributed by atoms with E-state index in [1.807, 2.05) is 0 Å². The van der Waals surface area contributed by atoms with Gasteiger partial charge in [0.05, 0.1) is 0 Å². The Morgan fingerprint density at radius 3 is 2.67 bits per heavy atom. The normalized spacial score (nSPS) is 23.1. The van der Waals surface area contributed by atoms with Crippen molar-refractivity contribution in [1.29, 1.82) is 0 Å². The highest BCUT2D eigenvalue weighted by atomic mass is 19.1. The van der Waals surface area contributed by atoms with Crippen molar-refractivity contribution < 1.29 is 18.8 Å². The Morgan fingerprint density at radius 1 is 1.58 bits per heavy atom. The molecular weight excluding hydrogens is 167 g/mol. The number of nitrogens with two attached hydrogens (primary N) is 1. The number of alkyl halides is 1. The predicted molar refractivity (Wildman–Crippen MR) is 35.3 cm³/mol. The number of carbonyl (C=O) groups excluding carboxylic acids is 3. The van der Waals surface area contributed by atoms with Crippen LogP contribution in [0.15, 0.2) is 11.6 Å². The molecule has 0 aliphatic carbocycles. The zero-order chi connectivity index (χ0) is 9.30. The number of carbonyl (C=O) groups is 3. The highest BCUT2D eigenvalue weighted by Crippen LogP contribution is 2.06. The molecule has 1 aliphatic heterocycles. The van der Waals surface area contributed by atoms with Gasteiger partial charge in [0, 0.05) is 0 Å². The number of nitrogens with one attached hydrogen (secondary N) is 1. The van der Waals surface area contributed by atoms with Gasteiger partial charge in [0.25, 0.3) is 17.7 Å². The molecule has 6 heteroatoms. The van der Waals surface area contributed by atoms with Gasteiger partial charge in [-0.15, -0.1) is 0 Å². The molecule has 1 atom stereocenters. The fraction of sp³-hybridized carbons (Fsp3) is 0.167. The minimum Gasteiger partial charge on any atom is -0.365 e. The number of hydrogen-bond donors (Lipinski definition) is 2. The Hall–Kier alpha value is -1.72. The molecule has 1 unspecified atom stereocenters. The van der Waals surface area contributed by atoms with Crippen LogP contribution in [0, 0.1) is 0 Å². The predicted octanol–water partition coefficient (Wildman–Crippen LogP) is -1.61. The summed E-state index contributed by atoms with van der Waals surface area (Å²) in [4.78, 5) is 31.6. The van der Waals surface area contributed by atoms with Crippen LogP contribution >= 0.6 is 0 Å².